The van der Waals surface area contributed by atoms with Crippen LogP contribution < -0.4 is 5.73 Å². The topological polar surface area (TPSA) is 63.3 Å². The van der Waals surface area contributed by atoms with Crippen molar-refractivity contribution in [3.8, 4) is 0 Å². The van der Waals surface area contributed by atoms with Crippen molar-refractivity contribution in [3.05, 3.63) is 35.1 Å². The van der Waals surface area contributed by atoms with Crippen LogP contribution in [0, 0.1) is 5.82 Å². The van der Waals surface area contributed by atoms with Crippen LogP contribution in [0.1, 0.15) is 25.0 Å². The molecule has 0 bridgehead atoms. The van der Waals surface area contributed by atoms with Crippen LogP contribution >= 0.6 is 0 Å². The van der Waals surface area contributed by atoms with Gasteiger partial charge in [-0.15, -0.1) is 0 Å². The zero-order valence-electron chi connectivity index (χ0n) is 9.71. The van der Waals surface area contributed by atoms with Crippen molar-refractivity contribution in [2.24, 2.45) is 5.73 Å². The molecular formula is C12H15F2NO2. The first-order valence-corrected chi connectivity index (χ1v) is 5.18. The maximum absolute atomic E-state index is 13.7. The molecule has 0 saturated heterocycles. The summed E-state index contributed by atoms with van der Waals surface area (Å²) in [5.41, 5.74) is 4.13. The summed E-state index contributed by atoms with van der Waals surface area (Å²) in [5.74, 6) is -1.79. The lowest BCUT2D eigenvalue weighted by Gasteiger charge is -2.16. The van der Waals surface area contributed by atoms with Crippen LogP contribution in [0.25, 0.3) is 0 Å². The Balaban J connectivity index is 3.03. The Kier molecular flexibility index (Phi) is 3.83. The van der Waals surface area contributed by atoms with Crippen molar-refractivity contribution in [2.45, 2.75) is 32.0 Å². The average Bonchev–Trinajstić information content (AvgIpc) is 2.19. The maximum atomic E-state index is 13.7. The number of carboxylic acids is 1. The largest absolute Gasteiger partial charge is 0.480 e. The molecule has 1 aromatic rings. The monoisotopic (exact) mass is 243 g/mol. The van der Waals surface area contributed by atoms with Gasteiger partial charge in [-0.05, 0) is 37.1 Å². The summed E-state index contributed by atoms with van der Waals surface area (Å²) < 4.78 is 27.1. The predicted molar refractivity (Wildman–Crippen MR) is 59.8 cm³/mol. The van der Waals surface area contributed by atoms with E-state index in [1.54, 1.807) is 0 Å². The van der Waals surface area contributed by atoms with E-state index in [1.807, 2.05) is 0 Å². The predicted octanol–water partition coefficient (Wildman–Crippen LogP) is 1.98. The molecule has 0 saturated carbocycles. The highest BCUT2D eigenvalue weighted by Crippen LogP contribution is 2.26. The SMILES string of the molecule is CC(C)(F)c1ccc(F)c(CC(N)C(=O)O)c1. The van der Waals surface area contributed by atoms with Crippen LogP contribution in [0.5, 0.6) is 0 Å². The smallest absolute Gasteiger partial charge is 0.320 e. The maximum Gasteiger partial charge on any atom is 0.320 e. The minimum absolute atomic E-state index is 0.114. The summed E-state index contributed by atoms with van der Waals surface area (Å²) in [6.45, 7) is 2.70. The zero-order chi connectivity index (χ0) is 13.2. The van der Waals surface area contributed by atoms with E-state index >= 15 is 0 Å². The molecule has 1 aromatic carbocycles. The van der Waals surface area contributed by atoms with E-state index in [0.717, 1.165) is 6.07 Å². The number of hydrogen-bond acceptors (Lipinski definition) is 2. The highest BCUT2D eigenvalue weighted by atomic mass is 19.1. The third kappa shape index (κ3) is 3.49. The normalized spacial score (nSPS) is 13.5. The molecule has 1 atom stereocenters. The number of nitrogens with two attached hydrogens (primary N) is 1. The minimum atomic E-state index is -1.60. The molecule has 0 aliphatic carbocycles. The van der Waals surface area contributed by atoms with Gasteiger partial charge in [0.25, 0.3) is 0 Å². The third-order valence-corrected chi connectivity index (χ3v) is 2.49. The fourth-order valence-corrected chi connectivity index (χ4v) is 1.43. The molecule has 0 fully saturated rings. The first-order chi connectivity index (χ1) is 7.71. The molecule has 0 heterocycles. The molecule has 3 nitrogen and oxygen atoms in total. The molecule has 0 aliphatic heterocycles. The van der Waals surface area contributed by atoms with E-state index in [2.05, 4.69) is 0 Å². The fourth-order valence-electron chi connectivity index (χ4n) is 1.43. The zero-order valence-corrected chi connectivity index (χ0v) is 9.71. The number of rotatable bonds is 4. The van der Waals surface area contributed by atoms with E-state index in [1.165, 1.54) is 26.0 Å². The van der Waals surface area contributed by atoms with E-state index in [0.29, 0.717) is 5.56 Å². The van der Waals surface area contributed by atoms with Crippen LogP contribution in [0.2, 0.25) is 0 Å². The number of aliphatic carboxylic acids is 1. The molecule has 0 spiro atoms. The Morgan fingerprint density at radius 1 is 1.53 bits per heavy atom. The molecule has 1 unspecified atom stereocenters. The van der Waals surface area contributed by atoms with Gasteiger partial charge < -0.3 is 10.8 Å². The van der Waals surface area contributed by atoms with Crippen molar-refractivity contribution in [1.82, 2.24) is 0 Å². The van der Waals surface area contributed by atoms with Crippen LogP contribution in [-0.2, 0) is 16.9 Å². The Hall–Kier alpha value is -1.49. The van der Waals surface area contributed by atoms with Crippen molar-refractivity contribution in [3.63, 3.8) is 0 Å². The van der Waals surface area contributed by atoms with Crippen molar-refractivity contribution >= 4 is 5.97 Å². The molecule has 0 aromatic heterocycles. The van der Waals surface area contributed by atoms with E-state index in [9.17, 15) is 13.6 Å². The van der Waals surface area contributed by atoms with Crippen molar-refractivity contribution in [1.29, 1.82) is 0 Å². The van der Waals surface area contributed by atoms with Gasteiger partial charge in [0.15, 0.2) is 0 Å². The summed E-state index contributed by atoms with van der Waals surface area (Å²) in [4.78, 5) is 10.6. The quantitative estimate of drug-likeness (QED) is 0.850. The van der Waals surface area contributed by atoms with Crippen LogP contribution in [-0.4, -0.2) is 17.1 Å². The third-order valence-electron chi connectivity index (χ3n) is 2.49. The molecule has 3 N–H and O–H groups in total. The summed E-state index contributed by atoms with van der Waals surface area (Å²) in [6, 6.07) is 2.59. The fraction of sp³-hybridized carbons (Fsp3) is 0.417. The first kappa shape index (κ1) is 13.6. The highest BCUT2D eigenvalue weighted by molar-refractivity contribution is 5.73. The van der Waals surface area contributed by atoms with Gasteiger partial charge in [0.05, 0.1) is 0 Å². The summed E-state index contributed by atoms with van der Waals surface area (Å²) >= 11 is 0. The minimum Gasteiger partial charge on any atom is -0.480 e. The van der Waals surface area contributed by atoms with Crippen molar-refractivity contribution < 1.29 is 18.7 Å². The van der Waals surface area contributed by atoms with Gasteiger partial charge in [0.1, 0.15) is 17.5 Å². The molecule has 0 aliphatic rings. The molecule has 17 heavy (non-hydrogen) atoms. The standard InChI is InChI=1S/C12H15F2NO2/c1-12(2,14)8-3-4-9(13)7(5-8)6-10(15)11(16)17/h3-5,10H,6,15H2,1-2H3,(H,16,17). The molecule has 0 radical (unpaired) electrons. The van der Waals surface area contributed by atoms with Gasteiger partial charge in [0, 0.05) is 6.42 Å². The van der Waals surface area contributed by atoms with E-state index in [-0.39, 0.29) is 12.0 Å². The van der Waals surface area contributed by atoms with Gasteiger partial charge >= 0.3 is 5.97 Å². The number of alkyl halides is 1. The van der Waals surface area contributed by atoms with Gasteiger partial charge in [0.2, 0.25) is 0 Å². The molecular weight excluding hydrogens is 228 g/mol. The van der Waals surface area contributed by atoms with Gasteiger partial charge in [-0.2, -0.15) is 0 Å². The van der Waals surface area contributed by atoms with Gasteiger partial charge in [-0.1, -0.05) is 6.07 Å². The second-order valence-corrected chi connectivity index (χ2v) is 4.43. The number of benzene rings is 1. The highest BCUT2D eigenvalue weighted by Gasteiger charge is 2.21. The Morgan fingerprint density at radius 2 is 2.12 bits per heavy atom. The number of carbonyl (C=O) groups is 1. The van der Waals surface area contributed by atoms with Crippen LogP contribution in [0.4, 0.5) is 8.78 Å². The average molecular weight is 243 g/mol. The second kappa shape index (κ2) is 4.79. The Bertz CT molecular complexity index is 427. The first-order valence-electron chi connectivity index (χ1n) is 5.18. The van der Waals surface area contributed by atoms with Gasteiger partial charge in [-0.3, -0.25) is 4.79 Å². The Morgan fingerprint density at radius 3 is 2.59 bits per heavy atom. The molecule has 1 rings (SSSR count). The number of hydrogen-bond donors (Lipinski definition) is 2. The summed E-state index contributed by atoms with van der Waals surface area (Å²) in [7, 11) is 0. The van der Waals surface area contributed by atoms with Crippen LogP contribution in [0.15, 0.2) is 18.2 Å². The van der Waals surface area contributed by atoms with E-state index in [4.69, 9.17) is 10.8 Å². The number of carboxylic acid groups (broad SMARTS) is 1. The second-order valence-electron chi connectivity index (χ2n) is 4.43. The molecule has 94 valence electrons. The lowest BCUT2D eigenvalue weighted by atomic mass is 9.95. The molecule has 0 amide bonds. The molecule has 5 heteroatoms. The number of halogens is 2. The van der Waals surface area contributed by atoms with Crippen molar-refractivity contribution in [2.75, 3.05) is 0 Å². The summed E-state index contributed by atoms with van der Waals surface area (Å²) in [5, 5.41) is 8.64. The lowest BCUT2D eigenvalue weighted by Crippen LogP contribution is -2.32. The van der Waals surface area contributed by atoms with E-state index < -0.39 is 23.5 Å². The summed E-state index contributed by atoms with van der Waals surface area (Å²) in [6.07, 6.45) is -0.162. The lowest BCUT2D eigenvalue weighted by molar-refractivity contribution is -0.138. The van der Waals surface area contributed by atoms with Crippen LogP contribution in [0.3, 0.4) is 0 Å². The Labute approximate surface area is 98.2 Å². The van der Waals surface area contributed by atoms with Gasteiger partial charge in [-0.25, -0.2) is 8.78 Å².